The molecule has 1 unspecified atom stereocenters. The number of aliphatic carboxylic acids is 1. The van der Waals surface area contributed by atoms with E-state index in [1.807, 2.05) is 0 Å². The first-order valence-corrected chi connectivity index (χ1v) is 5.99. The zero-order chi connectivity index (χ0) is 14.3. The lowest BCUT2D eigenvalue weighted by Gasteiger charge is -2.14. The molecule has 0 aliphatic rings. The number of nitrogens with one attached hydrogen (secondary N) is 1. The highest BCUT2D eigenvalue weighted by Gasteiger charge is 2.14. The molecule has 0 radical (unpaired) electrons. The van der Waals surface area contributed by atoms with Gasteiger partial charge in [-0.05, 0) is 25.1 Å². The summed E-state index contributed by atoms with van der Waals surface area (Å²) in [6.07, 6.45) is 0.587. The summed E-state index contributed by atoms with van der Waals surface area (Å²) in [5.41, 5.74) is 5.86. The van der Waals surface area contributed by atoms with Gasteiger partial charge in [0.05, 0.1) is 5.69 Å². The Bertz CT molecular complexity index is 448. The van der Waals surface area contributed by atoms with E-state index in [1.54, 1.807) is 31.2 Å². The lowest BCUT2D eigenvalue weighted by atomic mass is 10.1. The van der Waals surface area contributed by atoms with E-state index in [9.17, 15) is 9.59 Å². The molecule has 0 bridgehead atoms. The number of amides is 1. The Morgan fingerprint density at radius 3 is 2.74 bits per heavy atom. The average molecular weight is 266 g/mol. The lowest BCUT2D eigenvalue weighted by molar-refractivity contribution is -0.139. The second kappa shape index (κ2) is 7.38. The van der Waals surface area contributed by atoms with Crippen molar-refractivity contribution in [2.75, 3.05) is 18.5 Å². The van der Waals surface area contributed by atoms with Crippen molar-refractivity contribution in [3.05, 3.63) is 24.3 Å². The smallest absolute Gasteiger partial charge is 0.341 e. The van der Waals surface area contributed by atoms with Gasteiger partial charge in [-0.3, -0.25) is 4.79 Å². The number of nitrogens with two attached hydrogens (primary N) is 1. The van der Waals surface area contributed by atoms with E-state index >= 15 is 0 Å². The van der Waals surface area contributed by atoms with E-state index in [0.717, 1.165) is 0 Å². The Labute approximate surface area is 111 Å². The summed E-state index contributed by atoms with van der Waals surface area (Å²) >= 11 is 0. The Balaban J connectivity index is 2.71. The molecule has 6 nitrogen and oxygen atoms in total. The van der Waals surface area contributed by atoms with Crippen molar-refractivity contribution in [2.45, 2.75) is 13.3 Å². The number of para-hydroxylation sites is 2. The molecule has 0 saturated heterocycles. The van der Waals surface area contributed by atoms with E-state index < -0.39 is 12.6 Å². The molecule has 0 aliphatic heterocycles. The van der Waals surface area contributed by atoms with Gasteiger partial charge < -0.3 is 20.9 Å². The standard InChI is InChI=1S/C13H18N2O4/c1-9(6-7-14)13(18)15-10-4-2-3-5-11(10)19-8-12(16)17/h2-5,9H,6-8,14H2,1H3,(H,15,18)(H,16,17). The van der Waals surface area contributed by atoms with E-state index in [-0.39, 0.29) is 11.8 Å². The molecule has 0 aliphatic carbocycles. The van der Waals surface area contributed by atoms with Gasteiger partial charge in [-0.25, -0.2) is 4.79 Å². The number of carboxylic acid groups (broad SMARTS) is 1. The van der Waals surface area contributed by atoms with E-state index in [2.05, 4.69) is 5.32 Å². The van der Waals surface area contributed by atoms with Crippen LogP contribution in [0, 0.1) is 5.92 Å². The normalized spacial score (nSPS) is 11.7. The van der Waals surface area contributed by atoms with E-state index in [4.69, 9.17) is 15.6 Å². The molecule has 104 valence electrons. The number of ether oxygens (including phenoxy) is 1. The first kappa shape index (κ1) is 15.0. The van der Waals surface area contributed by atoms with Gasteiger partial charge in [-0.15, -0.1) is 0 Å². The fourth-order valence-corrected chi connectivity index (χ4v) is 1.47. The molecule has 1 aromatic carbocycles. The van der Waals surface area contributed by atoms with Gasteiger partial charge >= 0.3 is 5.97 Å². The predicted molar refractivity (Wildman–Crippen MR) is 71.0 cm³/mol. The third-order valence-electron chi connectivity index (χ3n) is 2.54. The van der Waals surface area contributed by atoms with E-state index in [1.165, 1.54) is 0 Å². The highest BCUT2D eigenvalue weighted by Crippen LogP contribution is 2.24. The third-order valence-corrected chi connectivity index (χ3v) is 2.54. The zero-order valence-electron chi connectivity index (χ0n) is 10.8. The third kappa shape index (κ3) is 4.97. The van der Waals surface area contributed by atoms with Crippen molar-refractivity contribution in [3.8, 4) is 5.75 Å². The summed E-state index contributed by atoms with van der Waals surface area (Å²) in [5, 5.41) is 11.3. The number of anilines is 1. The molecule has 0 spiro atoms. The second-order valence-electron chi connectivity index (χ2n) is 4.15. The van der Waals surface area contributed by atoms with Gasteiger partial charge in [0.15, 0.2) is 6.61 Å². The summed E-state index contributed by atoms with van der Waals surface area (Å²) < 4.78 is 5.10. The SMILES string of the molecule is CC(CCN)C(=O)Nc1ccccc1OCC(=O)O. The molecular formula is C13H18N2O4. The monoisotopic (exact) mass is 266 g/mol. The summed E-state index contributed by atoms with van der Waals surface area (Å²) in [6, 6.07) is 6.70. The van der Waals surface area contributed by atoms with Gasteiger partial charge in [0.25, 0.3) is 0 Å². The highest BCUT2D eigenvalue weighted by molar-refractivity contribution is 5.93. The molecule has 6 heteroatoms. The minimum atomic E-state index is -1.07. The first-order chi connectivity index (χ1) is 9.04. The predicted octanol–water partition coefficient (Wildman–Crippen LogP) is 1.07. The number of rotatable bonds is 7. The van der Waals surface area contributed by atoms with Crippen molar-refractivity contribution >= 4 is 17.6 Å². The van der Waals surface area contributed by atoms with Gasteiger partial charge in [-0.2, -0.15) is 0 Å². The zero-order valence-corrected chi connectivity index (χ0v) is 10.8. The molecule has 1 atom stereocenters. The number of hydrogen-bond donors (Lipinski definition) is 3. The number of carboxylic acids is 1. The van der Waals surface area contributed by atoms with Crippen LogP contribution in [-0.4, -0.2) is 30.1 Å². The quantitative estimate of drug-likeness (QED) is 0.685. The van der Waals surface area contributed by atoms with Crippen LogP contribution in [0.3, 0.4) is 0 Å². The number of carbonyl (C=O) groups is 2. The highest BCUT2D eigenvalue weighted by atomic mass is 16.5. The van der Waals surface area contributed by atoms with Crippen molar-refractivity contribution in [1.82, 2.24) is 0 Å². The minimum Gasteiger partial charge on any atom is -0.480 e. The maximum Gasteiger partial charge on any atom is 0.341 e. The maximum absolute atomic E-state index is 11.9. The molecule has 1 rings (SSSR count). The van der Waals surface area contributed by atoms with E-state index in [0.29, 0.717) is 24.4 Å². The van der Waals surface area contributed by atoms with Crippen LogP contribution in [0.15, 0.2) is 24.3 Å². The summed E-state index contributed by atoms with van der Waals surface area (Å²) in [4.78, 5) is 22.3. The first-order valence-electron chi connectivity index (χ1n) is 5.99. The molecule has 1 aromatic rings. The van der Waals surface area contributed by atoms with Crippen LogP contribution < -0.4 is 15.8 Å². The van der Waals surface area contributed by atoms with Crippen molar-refractivity contribution in [2.24, 2.45) is 11.7 Å². The van der Waals surface area contributed by atoms with Crippen LogP contribution in [-0.2, 0) is 9.59 Å². The average Bonchev–Trinajstić information content (AvgIpc) is 2.37. The van der Waals surface area contributed by atoms with Gasteiger partial charge in [-0.1, -0.05) is 19.1 Å². The van der Waals surface area contributed by atoms with Crippen LogP contribution in [0.5, 0.6) is 5.75 Å². The Morgan fingerprint density at radius 1 is 1.42 bits per heavy atom. The van der Waals surface area contributed by atoms with Crippen LogP contribution in [0.1, 0.15) is 13.3 Å². The van der Waals surface area contributed by atoms with Gasteiger partial charge in [0.1, 0.15) is 5.75 Å². The Morgan fingerprint density at radius 2 is 2.11 bits per heavy atom. The van der Waals surface area contributed by atoms with Gasteiger partial charge in [0.2, 0.25) is 5.91 Å². The minimum absolute atomic E-state index is 0.170. The van der Waals surface area contributed by atoms with Crippen molar-refractivity contribution in [1.29, 1.82) is 0 Å². The molecule has 0 fully saturated rings. The Kier molecular flexibility index (Phi) is 5.81. The summed E-state index contributed by atoms with van der Waals surface area (Å²) in [5.74, 6) is -1.12. The second-order valence-corrected chi connectivity index (χ2v) is 4.15. The number of benzene rings is 1. The van der Waals surface area contributed by atoms with Crippen LogP contribution in [0.2, 0.25) is 0 Å². The molecule has 0 saturated carbocycles. The molecular weight excluding hydrogens is 248 g/mol. The Hall–Kier alpha value is -2.08. The molecule has 0 aromatic heterocycles. The number of hydrogen-bond acceptors (Lipinski definition) is 4. The number of carbonyl (C=O) groups excluding carboxylic acids is 1. The van der Waals surface area contributed by atoms with Crippen LogP contribution >= 0.6 is 0 Å². The topological polar surface area (TPSA) is 102 Å². The summed E-state index contributed by atoms with van der Waals surface area (Å²) in [6.45, 7) is 1.76. The maximum atomic E-state index is 11.9. The van der Waals surface area contributed by atoms with Crippen LogP contribution in [0.4, 0.5) is 5.69 Å². The fourth-order valence-electron chi connectivity index (χ4n) is 1.47. The summed E-state index contributed by atoms with van der Waals surface area (Å²) in [7, 11) is 0. The van der Waals surface area contributed by atoms with Crippen molar-refractivity contribution < 1.29 is 19.4 Å². The molecule has 4 N–H and O–H groups in total. The lowest BCUT2D eigenvalue weighted by Crippen LogP contribution is -2.23. The molecule has 1 amide bonds. The van der Waals surface area contributed by atoms with Crippen LogP contribution in [0.25, 0.3) is 0 Å². The molecule has 19 heavy (non-hydrogen) atoms. The molecule has 0 heterocycles. The van der Waals surface area contributed by atoms with Crippen molar-refractivity contribution in [3.63, 3.8) is 0 Å². The van der Waals surface area contributed by atoms with Gasteiger partial charge in [0, 0.05) is 5.92 Å². The largest absolute Gasteiger partial charge is 0.480 e. The fraction of sp³-hybridized carbons (Fsp3) is 0.385.